The molecule has 0 N–H and O–H groups in total. The molecule has 1 fully saturated rings. The third-order valence-corrected chi connectivity index (χ3v) is 4.69. The average Bonchev–Trinajstić information content (AvgIpc) is 2.54. The lowest BCUT2D eigenvalue weighted by atomic mass is 9.76. The average molecular weight is 322 g/mol. The summed E-state index contributed by atoms with van der Waals surface area (Å²) in [6, 6.07) is 0. The molecule has 3 nitrogen and oxygen atoms in total. The van der Waals surface area contributed by atoms with Gasteiger partial charge in [0.25, 0.3) is 0 Å². The SMILES string of the molecule is CCCC/C=C(\CB1OC(C)(C)C(C)(C)O1)C(=O)CC(C)(C)C. The second-order valence-corrected chi connectivity index (χ2v) is 8.92. The number of carbonyl (C=O) groups is 1. The number of allylic oxidation sites excluding steroid dienone is 2. The fourth-order valence-corrected chi connectivity index (χ4v) is 2.61. The molecule has 0 bridgehead atoms. The normalized spacial score (nSPS) is 20.9. The standard InChI is InChI=1S/C19H35BO3/c1-9-10-11-12-15(16(21)13-17(2,3)4)14-20-22-18(5,6)19(7,8)23-20/h12H,9-11,13-14H2,1-8H3/b15-12+. The minimum atomic E-state index is -0.348. The van der Waals surface area contributed by atoms with Crippen molar-refractivity contribution in [2.24, 2.45) is 5.41 Å². The van der Waals surface area contributed by atoms with Crippen molar-refractivity contribution in [3.63, 3.8) is 0 Å². The number of carbonyl (C=O) groups excluding carboxylic acids is 1. The van der Waals surface area contributed by atoms with Crippen molar-refractivity contribution >= 4 is 12.9 Å². The highest BCUT2D eigenvalue weighted by atomic mass is 16.7. The molecule has 0 aromatic rings. The van der Waals surface area contributed by atoms with E-state index < -0.39 is 0 Å². The Kier molecular flexibility index (Phi) is 6.69. The summed E-state index contributed by atoms with van der Waals surface area (Å²) in [5, 5.41) is 0. The van der Waals surface area contributed by atoms with Crippen LogP contribution in [-0.2, 0) is 14.1 Å². The molecule has 0 radical (unpaired) electrons. The highest BCUT2D eigenvalue weighted by Gasteiger charge is 2.51. The summed E-state index contributed by atoms with van der Waals surface area (Å²) in [5.41, 5.74) is 0.168. The van der Waals surface area contributed by atoms with Crippen LogP contribution in [0.1, 0.15) is 81.1 Å². The maximum atomic E-state index is 12.7. The van der Waals surface area contributed by atoms with Gasteiger partial charge >= 0.3 is 7.12 Å². The van der Waals surface area contributed by atoms with Gasteiger partial charge in [0.15, 0.2) is 5.78 Å². The molecule has 0 aliphatic carbocycles. The second-order valence-electron chi connectivity index (χ2n) is 8.92. The summed E-state index contributed by atoms with van der Waals surface area (Å²) in [6.45, 7) is 16.7. The molecule has 1 aliphatic rings. The molecular formula is C19H35BO3. The minimum absolute atomic E-state index is 0.00311. The predicted octanol–water partition coefficient (Wildman–Crippen LogP) is 5.20. The van der Waals surface area contributed by atoms with Gasteiger partial charge in [-0.25, -0.2) is 0 Å². The van der Waals surface area contributed by atoms with E-state index in [2.05, 4.69) is 33.8 Å². The molecule has 1 aliphatic heterocycles. The third kappa shape index (κ3) is 6.08. The number of rotatable bonds is 7. The van der Waals surface area contributed by atoms with E-state index in [9.17, 15) is 4.79 Å². The molecule has 0 unspecified atom stereocenters. The molecule has 132 valence electrons. The van der Waals surface area contributed by atoms with Crippen molar-refractivity contribution in [3.8, 4) is 0 Å². The van der Waals surface area contributed by atoms with E-state index in [1.54, 1.807) is 0 Å². The van der Waals surface area contributed by atoms with Gasteiger partial charge in [0.2, 0.25) is 0 Å². The molecule has 0 atom stereocenters. The van der Waals surface area contributed by atoms with Crippen LogP contribution in [0.3, 0.4) is 0 Å². The van der Waals surface area contributed by atoms with Crippen LogP contribution in [0.15, 0.2) is 11.6 Å². The van der Waals surface area contributed by atoms with Gasteiger partial charge in [-0.15, -0.1) is 0 Å². The first kappa shape index (κ1) is 20.4. The van der Waals surface area contributed by atoms with Crippen LogP contribution in [-0.4, -0.2) is 24.1 Å². The van der Waals surface area contributed by atoms with Crippen LogP contribution in [0.4, 0.5) is 0 Å². The van der Waals surface area contributed by atoms with Crippen LogP contribution in [0.2, 0.25) is 6.32 Å². The van der Waals surface area contributed by atoms with E-state index in [1.807, 2.05) is 27.7 Å². The summed E-state index contributed by atoms with van der Waals surface area (Å²) in [7, 11) is -0.336. The van der Waals surface area contributed by atoms with Crippen molar-refractivity contribution in [1.82, 2.24) is 0 Å². The van der Waals surface area contributed by atoms with Crippen LogP contribution in [0, 0.1) is 5.41 Å². The zero-order valence-electron chi connectivity index (χ0n) is 16.4. The number of ketones is 1. The molecule has 0 aromatic heterocycles. The zero-order chi connectivity index (χ0) is 17.9. The fourth-order valence-electron chi connectivity index (χ4n) is 2.61. The first-order valence-electron chi connectivity index (χ1n) is 8.96. The van der Waals surface area contributed by atoms with Gasteiger partial charge in [-0.3, -0.25) is 4.79 Å². The Balaban J connectivity index is 2.82. The highest BCUT2D eigenvalue weighted by Crippen LogP contribution is 2.39. The lowest BCUT2D eigenvalue weighted by Crippen LogP contribution is -2.41. The topological polar surface area (TPSA) is 35.5 Å². The van der Waals surface area contributed by atoms with E-state index in [4.69, 9.17) is 9.31 Å². The Morgan fingerprint density at radius 1 is 1.09 bits per heavy atom. The molecule has 1 saturated heterocycles. The van der Waals surface area contributed by atoms with E-state index in [0.29, 0.717) is 12.7 Å². The first-order valence-corrected chi connectivity index (χ1v) is 8.96. The van der Waals surface area contributed by atoms with Gasteiger partial charge in [-0.1, -0.05) is 46.6 Å². The second kappa shape index (κ2) is 7.52. The molecular weight excluding hydrogens is 287 g/mol. The van der Waals surface area contributed by atoms with E-state index in [0.717, 1.165) is 24.8 Å². The van der Waals surface area contributed by atoms with Crippen LogP contribution in [0.25, 0.3) is 0 Å². The summed E-state index contributed by atoms with van der Waals surface area (Å²) in [4.78, 5) is 12.7. The molecule has 0 aromatic carbocycles. The smallest absolute Gasteiger partial charge is 0.403 e. The first-order chi connectivity index (χ1) is 10.4. The third-order valence-electron chi connectivity index (χ3n) is 4.69. The molecule has 4 heteroatoms. The predicted molar refractivity (Wildman–Crippen MR) is 97.6 cm³/mol. The van der Waals surface area contributed by atoms with Gasteiger partial charge in [0, 0.05) is 12.7 Å². The van der Waals surface area contributed by atoms with Gasteiger partial charge < -0.3 is 9.31 Å². The Morgan fingerprint density at radius 2 is 1.61 bits per heavy atom. The lowest BCUT2D eigenvalue weighted by molar-refractivity contribution is -0.117. The Bertz CT molecular complexity index is 428. The number of hydrogen-bond donors (Lipinski definition) is 0. The summed E-state index contributed by atoms with van der Waals surface area (Å²) in [5.74, 6) is 0.225. The van der Waals surface area contributed by atoms with E-state index >= 15 is 0 Å². The molecule has 1 heterocycles. The highest BCUT2D eigenvalue weighted by molar-refractivity contribution is 6.47. The molecule has 0 amide bonds. The fraction of sp³-hybridized carbons (Fsp3) is 0.842. The van der Waals surface area contributed by atoms with Crippen LogP contribution >= 0.6 is 0 Å². The Hall–Kier alpha value is -0.605. The van der Waals surface area contributed by atoms with Crippen molar-refractivity contribution in [1.29, 1.82) is 0 Å². The molecule has 0 saturated carbocycles. The van der Waals surface area contributed by atoms with Gasteiger partial charge in [-0.2, -0.15) is 0 Å². The molecule has 0 spiro atoms. The van der Waals surface area contributed by atoms with Crippen LogP contribution in [0.5, 0.6) is 0 Å². The lowest BCUT2D eigenvalue weighted by Gasteiger charge is -2.32. The Labute approximate surface area is 143 Å². The van der Waals surface area contributed by atoms with E-state index in [-0.39, 0.29) is 29.5 Å². The van der Waals surface area contributed by atoms with E-state index in [1.165, 1.54) is 0 Å². The molecule has 23 heavy (non-hydrogen) atoms. The van der Waals surface area contributed by atoms with Gasteiger partial charge in [-0.05, 0) is 45.1 Å². The van der Waals surface area contributed by atoms with Crippen molar-refractivity contribution < 1.29 is 14.1 Å². The number of hydrogen-bond acceptors (Lipinski definition) is 3. The van der Waals surface area contributed by atoms with Gasteiger partial charge in [0.1, 0.15) is 0 Å². The largest absolute Gasteiger partial charge is 0.462 e. The summed E-state index contributed by atoms with van der Waals surface area (Å²) >= 11 is 0. The number of unbranched alkanes of at least 4 members (excludes halogenated alkanes) is 2. The van der Waals surface area contributed by atoms with Gasteiger partial charge in [0.05, 0.1) is 11.2 Å². The maximum absolute atomic E-state index is 12.7. The van der Waals surface area contributed by atoms with Crippen molar-refractivity contribution in [2.75, 3.05) is 0 Å². The minimum Gasteiger partial charge on any atom is -0.403 e. The van der Waals surface area contributed by atoms with Crippen molar-refractivity contribution in [3.05, 3.63) is 11.6 Å². The number of Topliss-reactive ketones (excluding diaryl/α,β-unsaturated/α-hetero) is 1. The molecule has 1 rings (SSSR count). The maximum Gasteiger partial charge on any atom is 0.462 e. The summed E-state index contributed by atoms with van der Waals surface area (Å²) in [6.07, 6.45) is 6.39. The quantitative estimate of drug-likeness (QED) is 0.367. The monoisotopic (exact) mass is 322 g/mol. The van der Waals surface area contributed by atoms with Crippen LogP contribution < -0.4 is 0 Å². The van der Waals surface area contributed by atoms with Crippen molar-refractivity contribution in [2.45, 2.75) is 98.6 Å². The summed E-state index contributed by atoms with van der Waals surface area (Å²) < 4.78 is 12.1. The Morgan fingerprint density at radius 3 is 2.04 bits per heavy atom. The zero-order valence-corrected chi connectivity index (χ0v) is 16.4.